The first-order valence-electron chi connectivity index (χ1n) is 6.56. The minimum absolute atomic E-state index is 0. The highest BCUT2D eigenvalue weighted by molar-refractivity contribution is 5.99. The lowest BCUT2D eigenvalue weighted by molar-refractivity contribution is -0.384. The Morgan fingerprint density at radius 1 is 1.38 bits per heavy atom. The second kappa shape index (κ2) is 7.24. The molecule has 1 aliphatic rings. The van der Waals surface area contributed by atoms with E-state index in [2.05, 4.69) is 0 Å². The number of benzene rings is 1. The Labute approximate surface area is 128 Å². The van der Waals surface area contributed by atoms with E-state index >= 15 is 0 Å². The number of hydrogen-bond acceptors (Lipinski definition) is 5. The number of piperidine rings is 1. The van der Waals surface area contributed by atoms with Gasteiger partial charge < -0.3 is 16.4 Å². The molecular weight excluding hydrogens is 296 g/mol. The van der Waals surface area contributed by atoms with E-state index in [1.54, 1.807) is 4.90 Å². The highest BCUT2D eigenvalue weighted by Crippen LogP contribution is 2.24. The Morgan fingerprint density at radius 2 is 2.00 bits per heavy atom. The van der Waals surface area contributed by atoms with Gasteiger partial charge in [-0.15, -0.1) is 12.4 Å². The number of carbonyl (C=O) groups is 1. The molecule has 7 nitrogen and oxygen atoms in total. The molecule has 0 aliphatic carbocycles. The zero-order valence-corrected chi connectivity index (χ0v) is 12.3. The van der Waals surface area contributed by atoms with Gasteiger partial charge in [0.25, 0.3) is 11.6 Å². The van der Waals surface area contributed by atoms with Crippen molar-refractivity contribution in [2.75, 3.05) is 25.4 Å². The number of nitrogens with zero attached hydrogens (tertiary/aromatic N) is 2. The van der Waals surface area contributed by atoms with Crippen molar-refractivity contribution in [3.63, 3.8) is 0 Å². The van der Waals surface area contributed by atoms with Crippen LogP contribution >= 0.6 is 12.4 Å². The van der Waals surface area contributed by atoms with Crippen LogP contribution in [0.25, 0.3) is 0 Å². The summed E-state index contributed by atoms with van der Waals surface area (Å²) >= 11 is 0. The molecule has 2 rings (SSSR count). The molecule has 4 N–H and O–H groups in total. The Bertz CT molecular complexity index is 530. The lowest BCUT2D eigenvalue weighted by atomic mass is 9.96. The summed E-state index contributed by atoms with van der Waals surface area (Å²) in [5, 5.41) is 10.8. The average Bonchev–Trinajstić information content (AvgIpc) is 2.47. The highest BCUT2D eigenvalue weighted by atomic mass is 35.5. The van der Waals surface area contributed by atoms with Crippen LogP contribution in [0.3, 0.4) is 0 Å². The molecule has 1 heterocycles. The fraction of sp³-hybridized carbons (Fsp3) is 0.462. The summed E-state index contributed by atoms with van der Waals surface area (Å²) < 4.78 is 0. The topological polar surface area (TPSA) is 115 Å². The number of hydrogen-bond donors (Lipinski definition) is 2. The van der Waals surface area contributed by atoms with Crippen molar-refractivity contribution in [1.29, 1.82) is 0 Å². The van der Waals surface area contributed by atoms with E-state index in [9.17, 15) is 14.9 Å². The maximum atomic E-state index is 12.4. The maximum Gasteiger partial charge on any atom is 0.270 e. The molecule has 1 fully saturated rings. The highest BCUT2D eigenvalue weighted by Gasteiger charge is 2.25. The molecule has 0 radical (unpaired) electrons. The number of amides is 1. The molecule has 1 aliphatic heterocycles. The number of nitro benzene ring substituents is 1. The van der Waals surface area contributed by atoms with Gasteiger partial charge in [-0.3, -0.25) is 14.9 Å². The van der Waals surface area contributed by atoms with Gasteiger partial charge in [0.15, 0.2) is 0 Å². The van der Waals surface area contributed by atoms with Crippen LogP contribution in [0, 0.1) is 16.0 Å². The van der Waals surface area contributed by atoms with Crippen molar-refractivity contribution in [2.24, 2.45) is 11.7 Å². The number of nitro groups is 1. The van der Waals surface area contributed by atoms with Gasteiger partial charge in [-0.2, -0.15) is 0 Å². The van der Waals surface area contributed by atoms with Gasteiger partial charge in [0.2, 0.25) is 0 Å². The molecule has 1 aromatic carbocycles. The molecule has 0 spiro atoms. The number of carbonyl (C=O) groups excluding carboxylic acids is 1. The molecule has 8 heteroatoms. The van der Waals surface area contributed by atoms with Crippen molar-refractivity contribution in [3.8, 4) is 0 Å². The number of nitrogen functional groups attached to an aromatic ring is 1. The first-order valence-corrected chi connectivity index (χ1v) is 6.56. The number of halogens is 1. The molecule has 1 saturated heterocycles. The molecule has 1 aromatic rings. The van der Waals surface area contributed by atoms with Crippen LogP contribution in [-0.2, 0) is 0 Å². The third-order valence-electron chi connectivity index (χ3n) is 3.71. The van der Waals surface area contributed by atoms with Gasteiger partial charge in [-0.05, 0) is 31.4 Å². The van der Waals surface area contributed by atoms with Crippen LogP contribution in [-0.4, -0.2) is 35.4 Å². The van der Waals surface area contributed by atoms with Crippen molar-refractivity contribution in [1.82, 2.24) is 4.90 Å². The minimum Gasteiger partial charge on any atom is -0.398 e. The van der Waals surface area contributed by atoms with Gasteiger partial charge in [0.05, 0.1) is 10.5 Å². The second-order valence-corrected chi connectivity index (χ2v) is 5.00. The Kier molecular flexibility index (Phi) is 5.92. The summed E-state index contributed by atoms with van der Waals surface area (Å²) in [6.07, 6.45) is 1.72. The van der Waals surface area contributed by atoms with E-state index in [0.717, 1.165) is 12.8 Å². The maximum absolute atomic E-state index is 12.4. The normalized spacial score (nSPS) is 15.4. The van der Waals surface area contributed by atoms with Gasteiger partial charge in [-0.1, -0.05) is 0 Å². The monoisotopic (exact) mass is 314 g/mol. The van der Waals surface area contributed by atoms with Crippen molar-refractivity contribution < 1.29 is 9.72 Å². The first-order chi connectivity index (χ1) is 9.52. The third-order valence-corrected chi connectivity index (χ3v) is 3.71. The summed E-state index contributed by atoms with van der Waals surface area (Å²) in [5.41, 5.74) is 11.7. The standard InChI is InChI=1S/C13H18N4O3.ClH/c14-8-9-3-5-16(6-4-9)13(18)11-7-10(17(19)20)1-2-12(11)15;/h1-2,7,9H,3-6,8,14-15H2;1H. The first kappa shape index (κ1) is 17.2. The number of likely N-dealkylation sites (tertiary alicyclic amines) is 1. The van der Waals surface area contributed by atoms with E-state index < -0.39 is 4.92 Å². The van der Waals surface area contributed by atoms with Crippen LogP contribution in [0.4, 0.5) is 11.4 Å². The molecule has 0 unspecified atom stereocenters. The summed E-state index contributed by atoms with van der Waals surface area (Å²) in [6, 6.07) is 3.94. The van der Waals surface area contributed by atoms with Gasteiger partial charge in [0, 0.05) is 30.9 Å². The summed E-state index contributed by atoms with van der Waals surface area (Å²) in [4.78, 5) is 24.3. The van der Waals surface area contributed by atoms with E-state index in [1.165, 1.54) is 18.2 Å². The molecule has 116 valence electrons. The van der Waals surface area contributed by atoms with Crippen molar-refractivity contribution in [3.05, 3.63) is 33.9 Å². The van der Waals surface area contributed by atoms with E-state index in [0.29, 0.717) is 25.6 Å². The average molecular weight is 315 g/mol. The van der Waals surface area contributed by atoms with Crippen molar-refractivity contribution in [2.45, 2.75) is 12.8 Å². The molecule has 1 amide bonds. The van der Waals surface area contributed by atoms with Crippen LogP contribution in [0.2, 0.25) is 0 Å². The molecular formula is C13H19ClN4O3. The number of rotatable bonds is 3. The summed E-state index contributed by atoms with van der Waals surface area (Å²) in [6.45, 7) is 1.85. The summed E-state index contributed by atoms with van der Waals surface area (Å²) in [5.74, 6) is 0.197. The lowest BCUT2D eigenvalue weighted by Crippen LogP contribution is -2.40. The largest absolute Gasteiger partial charge is 0.398 e. The Hall–Kier alpha value is -1.86. The van der Waals surface area contributed by atoms with Gasteiger partial charge in [0.1, 0.15) is 0 Å². The Balaban J connectivity index is 0.00000220. The van der Waals surface area contributed by atoms with E-state index in [1.807, 2.05) is 0 Å². The number of nitrogens with two attached hydrogens (primary N) is 2. The molecule has 0 atom stereocenters. The molecule has 21 heavy (non-hydrogen) atoms. The molecule has 0 bridgehead atoms. The lowest BCUT2D eigenvalue weighted by Gasteiger charge is -2.31. The molecule has 0 aromatic heterocycles. The van der Waals surface area contributed by atoms with Crippen LogP contribution < -0.4 is 11.5 Å². The van der Waals surface area contributed by atoms with E-state index in [4.69, 9.17) is 11.5 Å². The molecule has 0 saturated carbocycles. The smallest absolute Gasteiger partial charge is 0.270 e. The zero-order chi connectivity index (χ0) is 14.7. The fourth-order valence-electron chi connectivity index (χ4n) is 2.39. The summed E-state index contributed by atoms with van der Waals surface area (Å²) in [7, 11) is 0. The van der Waals surface area contributed by atoms with Crippen LogP contribution in [0.15, 0.2) is 18.2 Å². The van der Waals surface area contributed by atoms with Crippen LogP contribution in [0.1, 0.15) is 23.2 Å². The zero-order valence-electron chi connectivity index (χ0n) is 11.5. The SMILES string of the molecule is Cl.NCC1CCN(C(=O)c2cc([N+](=O)[O-])ccc2N)CC1. The number of anilines is 1. The number of non-ortho nitro benzene ring substituents is 1. The van der Waals surface area contributed by atoms with Crippen LogP contribution in [0.5, 0.6) is 0 Å². The van der Waals surface area contributed by atoms with Crippen molar-refractivity contribution >= 4 is 29.7 Å². The predicted octanol–water partition coefficient (Wildman–Crippen LogP) is 1.41. The fourth-order valence-corrected chi connectivity index (χ4v) is 2.39. The predicted molar refractivity (Wildman–Crippen MR) is 82.4 cm³/mol. The van der Waals surface area contributed by atoms with E-state index in [-0.39, 0.29) is 35.3 Å². The second-order valence-electron chi connectivity index (χ2n) is 5.00. The quantitative estimate of drug-likeness (QED) is 0.497. The van der Waals surface area contributed by atoms with Gasteiger partial charge >= 0.3 is 0 Å². The van der Waals surface area contributed by atoms with Gasteiger partial charge in [-0.25, -0.2) is 0 Å². The third kappa shape index (κ3) is 3.83. The minimum atomic E-state index is -0.531. The Morgan fingerprint density at radius 3 is 2.52 bits per heavy atom.